The number of hydrogen-bond acceptors (Lipinski definition) is 2. The number of carbonyl (C=O) groups is 1. The van der Waals surface area contributed by atoms with E-state index in [0.29, 0.717) is 5.69 Å². The van der Waals surface area contributed by atoms with Crippen LogP contribution in [0.5, 0.6) is 0 Å². The number of benzene rings is 1. The molecule has 0 heterocycles. The maximum absolute atomic E-state index is 11.9. The van der Waals surface area contributed by atoms with E-state index < -0.39 is 12.8 Å². The molecule has 1 amide bonds. The molecule has 0 radical (unpaired) electrons. The highest BCUT2D eigenvalue weighted by molar-refractivity contribution is 5.90. The minimum absolute atomic E-state index is 0.217. The number of para-hydroxylation sites is 1. The van der Waals surface area contributed by atoms with Gasteiger partial charge in [-0.15, -0.1) is 0 Å². The number of alkyl halides is 1. The van der Waals surface area contributed by atoms with Gasteiger partial charge in [-0.25, -0.2) is 4.39 Å². The van der Waals surface area contributed by atoms with Crippen molar-refractivity contribution < 1.29 is 14.3 Å². The van der Waals surface area contributed by atoms with Crippen LogP contribution < -0.4 is 5.32 Å². The molecular weight excluding hydrogens is 185 g/mol. The predicted octanol–water partition coefficient (Wildman–Crippen LogP) is 1.35. The molecule has 0 aromatic heterocycles. The van der Waals surface area contributed by atoms with Gasteiger partial charge >= 0.3 is 0 Å². The van der Waals surface area contributed by atoms with Crippen molar-refractivity contribution in [3.63, 3.8) is 0 Å². The quantitative estimate of drug-likeness (QED) is 0.765. The third-order valence-electron chi connectivity index (χ3n) is 1.66. The standard InChI is InChI=1S/C10H12FNO2/c11-7-9(13)6-10(14)12-8-4-2-1-3-5-8/h1-5,9,13H,6-7H2,(H,12,14)/t9-/m0/s1. The Bertz CT molecular complexity index is 289. The molecule has 0 aliphatic rings. The Kier molecular flexibility index (Phi) is 4.07. The molecule has 1 aromatic carbocycles. The molecule has 1 aromatic rings. The number of carbonyl (C=O) groups excluding carboxylic acids is 1. The Hall–Kier alpha value is -1.42. The summed E-state index contributed by atoms with van der Waals surface area (Å²) < 4.78 is 11.9. The van der Waals surface area contributed by atoms with E-state index in [4.69, 9.17) is 5.11 Å². The lowest BCUT2D eigenvalue weighted by Gasteiger charge is -2.06. The first kappa shape index (κ1) is 10.7. The second kappa shape index (κ2) is 5.34. The van der Waals surface area contributed by atoms with Crippen LogP contribution >= 0.6 is 0 Å². The molecule has 0 aliphatic heterocycles. The van der Waals surface area contributed by atoms with Crippen LogP contribution in [-0.4, -0.2) is 23.8 Å². The van der Waals surface area contributed by atoms with Crippen LogP contribution in [0.25, 0.3) is 0 Å². The van der Waals surface area contributed by atoms with Crippen LogP contribution in [0, 0.1) is 0 Å². The maximum atomic E-state index is 11.9. The molecule has 76 valence electrons. The van der Waals surface area contributed by atoms with Gasteiger partial charge in [0, 0.05) is 5.69 Å². The molecule has 4 heteroatoms. The van der Waals surface area contributed by atoms with Gasteiger partial charge in [-0.3, -0.25) is 4.79 Å². The fourth-order valence-corrected chi connectivity index (χ4v) is 1.00. The Morgan fingerprint density at radius 1 is 1.43 bits per heavy atom. The van der Waals surface area contributed by atoms with Crippen molar-refractivity contribution in [3.05, 3.63) is 30.3 Å². The van der Waals surface area contributed by atoms with Crippen molar-refractivity contribution in [1.29, 1.82) is 0 Å². The number of aliphatic hydroxyl groups excluding tert-OH is 1. The lowest BCUT2D eigenvalue weighted by atomic mass is 10.2. The molecule has 0 saturated carbocycles. The Balaban J connectivity index is 2.42. The summed E-state index contributed by atoms with van der Waals surface area (Å²) in [7, 11) is 0. The first-order valence-corrected chi connectivity index (χ1v) is 4.31. The summed E-state index contributed by atoms with van der Waals surface area (Å²) in [6.07, 6.45) is -1.43. The average Bonchev–Trinajstić information content (AvgIpc) is 2.19. The van der Waals surface area contributed by atoms with Gasteiger partial charge < -0.3 is 10.4 Å². The number of aliphatic hydroxyl groups is 1. The monoisotopic (exact) mass is 197 g/mol. The van der Waals surface area contributed by atoms with Crippen molar-refractivity contribution in [3.8, 4) is 0 Å². The lowest BCUT2D eigenvalue weighted by Crippen LogP contribution is -2.20. The predicted molar refractivity (Wildman–Crippen MR) is 51.7 cm³/mol. The molecule has 0 bridgehead atoms. The first-order chi connectivity index (χ1) is 6.72. The van der Waals surface area contributed by atoms with E-state index in [1.165, 1.54) is 0 Å². The smallest absolute Gasteiger partial charge is 0.227 e. The van der Waals surface area contributed by atoms with E-state index >= 15 is 0 Å². The number of hydrogen-bond donors (Lipinski definition) is 2. The van der Waals surface area contributed by atoms with E-state index in [9.17, 15) is 9.18 Å². The van der Waals surface area contributed by atoms with Crippen molar-refractivity contribution >= 4 is 11.6 Å². The van der Waals surface area contributed by atoms with Crippen molar-refractivity contribution in [2.75, 3.05) is 12.0 Å². The summed E-state index contributed by atoms with van der Waals surface area (Å²) in [4.78, 5) is 11.1. The highest BCUT2D eigenvalue weighted by atomic mass is 19.1. The molecule has 14 heavy (non-hydrogen) atoms. The molecule has 1 rings (SSSR count). The van der Waals surface area contributed by atoms with Crippen LogP contribution in [0.15, 0.2) is 30.3 Å². The molecule has 0 aliphatic carbocycles. The van der Waals surface area contributed by atoms with Gasteiger partial charge in [-0.2, -0.15) is 0 Å². The summed E-state index contributed by atoms with van der Waals surface area (Å²) in [6.45, 7) is -0.901. The zero-order chi connectivity index (χ0) is 10.4. The van der Waals surface area contributed by atoms with Gasteiger partial charge in [0.05, 0.1) is 12.5 Å². The van der Waals surface area contributed by atoms with Crippen molar-refractivity contribution in [2.45, 2.75) is 12.5 Å². The van der Waals surface area contributed by atoms with Crippen LogP contribution in [0.3, 0.4) is 0 Å². The molecule has 0 saturated heterocycles. The Morgan fingerprint density at radius 3 is 2.64 bits per heavy atom. The average molecular weight is 197 g/mol. The number of nitrogens with one attached hydrogen (secondary N) is 1. The third kappa shape index (κ3) is 3.53. The first-order valence-electron chi connectivity index (χ1n) is 4.31. The third-order valence-corrected chi connectivity index (χ3v) is 1.66. The normalized spacial score (nSPS) is 12.1. The highest BCUT2D eigenvalue weighted by Gasteiger charge is 2.09. The van der Waals surface area contributed by atoms with Gasteiger partial charge in [0.25, 0.3) is 0 Å². The molecule has 0 spiro atoms. The zero-order valence-electron chi connectivity index (χ0n) is 7.61. The fourth-order valence-electron chi connectivity index (χ4n) is 1.00. The minimum atomic E-state index is -1.21. The van der Waals surface area contributed by atoms with Crippen LogP contribution in [0.4, 0.5) is 10.1 Å². The van der Waals surface area contributed by atoms with Crippen molar-refractivity contribution in [1.82, 2.24) is 0 Å². The lowest BCUT2D eigenvalue weighted by molar-refractivity contribution is -0.118. The molecular formula is C10H12FNO2. The Morgan fingerprint density at radius 2 is 2.07 bits per heavy atom. The zero-order valence-corrected chi connectivity index (χ0v) is 7.61. The van der Waals surface area contributed by atoms with Gasteiger partial charge in [0.15, 0.2) is 0 Å². The van der Waals surface area contributed by atoms with Crippen molar-refractivity contribution in [2.24, 2.45) is 0 Å². The van der Waals surface area contributed by atoms with Gasteiger partial charge in [-0.05, 0) is 12.1 Å². The van der Waals surface area contributed by atoms with E-state index in [-0.39, 0.29) is 12.3 Å². The summed E-state index contributed by atoms with van der Waals surface area (Å²) in [5, 5.41) is 11.4. The highest BCUT2D eigenvalue weighted by Crippen LogP contribution is 2.06. The second-order valence-electron chi connectivity index (χ2n) is 2.93. The Labute approximate surface area is 81.6 Å². The molecule has 0 unspecified atom stereocenters. The molecule has 3 nitrogen and oxygen atoms in total. The van der Waals surface area contributed by atoms with Crippen LogP contribution in [-0.2, 0) is 4.79 Å². The molecule has 2 N–H and O–H groups in total. The van der Waals surface area contributed by atoms with E-state index in [1.807, 2.05) is 6.07 Å². The van der Waals surface area contributed by atoms with Gasteiger partial charge in [0.1, 0.15) is 6.67 Å². The van der Waals surface area contributed by atoms with E-state index in [2.05, 4.69) is 5.32 Å². The van der Waals surface area contributed by atoms with Crippen LogP contribution in [0.2, 0.25) is 0 Å². The number of anilines is 1. The largest absolute Gasteiger partial charge is 0.390 e. The summed E-state index contributed by atoms with van der Waals surface area (Å²) >= 11 is 0. The van der Waals surface area contributed by atoms with E-state index in [1.54, 1.807) is 24.3 Å². The maximum Gasteiger partial charge on any atom is 0.227 e. The van der Waals surface area contributed by atoms with Gasteiger partial charge in [0.2, 0.25) is 5.91 Å². The number of rotatable bonds is 4. The van der Waals surface area contributed by atoms with E-state index in [0.717, 1.165) is 0 Å². The topological polar surface area (TPSA) is 49.3 Å². The summed E-state index contributed by atoms with van der Waals surface area (Å²) in [5.74, 6) is -0.388. The number of halogens is 1. The van der Waals surface area contributed by atoms with Crippen LogP contribution in [0.1, 0.15) is 6.42 Å². The SMILES string of the molecule is O=C(C[C@H](O)CF)Nc1ccccc1. The number of amides is 1. The fraction of sp³-hybridized carbons (Fsp3) is 0.300. The molecule has 0 fully saturated rings. The minimum Gasteiger partial charge on any atom is -0.390 e. The summed E-state index contributed by atoms with van der Waals surface area (Å²) in [5.41, 5.74) is 0.642. The molecule has 1 atom stereocenters. The van der Waals surface area contributed by atoms with Gasteiger partial charge in [-0.1, -0.05) is 18.2 Å². The second-order valence-corrected chi connectivity index (χ2v) is 2.93. The summed E-state index contributed by atoms with van der Waals surface area (Å²) in [6, 6.07) is 8.83.